The first-order valence-corrected chi connectivity index (χ1v) is 9.01. The average Bonchev–Trinajstić information content (AvgIpc) is 2.45. The summed E-state index contributed by atoms with van der Waals surface area (Å²) in [5.74, 6) is 3.11. The zero-order valence-corrected chi connectivity index (χ0v) is 13.7. The van der Waals surface area contributed by atoms with Crippen LogP contribution in [0.2, 0.25) is 0 Å². The summed E-state index contributed by atoms with van der Waals surface area (Å²) in [7, 11) is 4.29. The predicted molar refractivity (Wildman–Crippen MR) is 83.9 cm³/mol. The van der Waals surface area contributed by atoms with E-state index in [0.717, 1.165) is 43.7 Å². The molecule has 4 saturated carbocycles. The summed E-state index contributed by atoms with van der Waals surface area (Å²) in [6.45, 7) is 2.28. The topological polar surface area (TPSA) is 23.6 Å². The molecule has 5 fully saturated rings. The molecule has 1 amide bonds. The highest BCUT2D eigenvalue weighted by Gasteiger charge is 2.55. The lowest BCUT2D eigenvalue weighted by molar-refractivity contribution is -0.159. The highest BCUT2D eigenvalue weighted by Crippen LogP contribution is 2.60. The summed E-state index contributed by atoms with van der Waals surface area (Å²) in [6.07, 6.45) is 10.2. The molecule has 4 bridgehead atoms. The van der Waals surface area contributed by atoms with Crippen molar-refractivity contribution in [3.63, 3.8) is 0 Å². The standard InChI is InChI=1S/C18H30N2O/c1-19-5-3-16(4-6-19)20(2)17(21)18-10-13-7-14(11-18)9-15(8-13)12-18/h13-16H,3-12H2,1-2H3. The Labute approximate surface area is 129 Å². The van der Waals surface area contributed by atoms with Crippen LogP contribution < -0.4 is 0 Å². The van der Waals surface area contributed by atoms with E-state index >= 15 is 0 Å². The van der Waals surface area contributed by atoms with Crippen molar-refractivity contribution in [3.05, 3.63) is 0 Å². The Hall–Kier alpha value is -0.570. The Bertz CT molecular complexity index is 390. The van der Waals surface area contributed by atoms with Gasteiger partial charge in [-0.15, -0.1) is 0 Å². The fraction of sp³-hybridized carbons (Fsp3) is 0.944. The zero-order valence-electron chi connectivity index (χ0n) is 13.7. The molecule has 0 atom stereocenters. The van der Waals surface area contributed by atoms with E-state index in [9.17, 15) is 4.79 Å². The number of carbonyl (C=O) groups is 1. The van der Waals surface area contributed by atoms with E-state index in [2.05, 4.69) is 23.9 Å². The van der Waals surface area contributed by atoms with Crippen LogP contribution in [-0.2, 0) is 4.79 Å². The zero-order chi connectivity index (χ0) is 14.6. The molecule has 3 heteroatoms. The molecule has 1 aliphatic heterocycles. The van der Waals surface area contributed by atoms with Gasteiger partial charge in [0.15, 0.2) is 0 Å². The Kier molecular flexibility index (Phi) is 3.33. The molecule has 1 saturated heterocycles. The van der Waals surface area contributed by atoms with Crippen LogP contribution in [-0.4, -0.2) is 48.9 Å². The van der Waals surface area contributed by atoms with Crippen LogP contribution in [0.1, 0.15) is 51.4 Å². The molecule has 0 radical (unpaired) electrons. The van der Waals surface area contributed by atoms with Gasteiger partial charge < -0.3 is 9.80 Å². The summed E-state index contributed by atoms with van der Waals surface area (Å²) in [5.41, 5.74) is 0.0485. The quantitative estimate of drug-likeness (QED) is 0.781. The van der Waals surface area contributed by atoms with E-state index in [1.54, 1.807) is 0 Å². The van der Waals surface area contributed by atoms with Crippen LogP contribution in [0, 0.1) is 23.2 Å². The van der Waals surface area contributed by atoms with Gasteiger partial charge in [-0.05, 0) is 89.3 Å². The normalized spacial score (nSPS) is 43.2. The third kappa shape index (κ3) is 2.32. The third-order valence-electron chi connectivity index (χ3n) is 7.05. The van der Waals surface area contributed by atoms with Gasteiger partial charge in [-0.25, -0.2) is 0 Å². The van der Waals surface area contributed by atoms with Crippen LogP contribution in [0.4, 0.5) is 0 Å². The van der Waals surface area contributed by atoms with Crippen LogP contribution in [0.25, 0.3) is 0 Å². The first-order valence-electron chi connectivity index (χ1n) is 9.01. The van der Waals surface area contributed by atoms with E-state index < -0.39 is 0 Å². The van der Waals surface area contributed by atoms with Crippen molar-refractivity contribution in [2.24, 2.45) is 23.2 Å². The van der Waals surface area contributed by atoms with Crippen molar-refractivity contribution in [3.8, 4) is 0 Å². The number of likely N-dealkylation sites (tertiary alicyclic amines) is 1. The second-order valence-electron chi connectivity index (χ2n) is 8.65. The van der Waals surface area contributed by atoms with Gasteiger partial charge in [-0.2, -0.15) is 0 Å². The lowest BCUT2D eigenvalue weighted by atomic mass is 9.49. The predicted octanol–water partition coefficient (Wildman–Crippen LogP) is 2.76. The SMILES string of the molecule is CN1CCC(N(C)C(=O)C23CC4CC(CC(C4)C2)C3)CC1. The van der Waals surface area contributed by atoms with Crippen LogP contribution in [0.5, 0.6) is 0 Å². The van der Waals surface area contributed by atoms with Crippen molar-refractivity contribution in [1.82, 2.24) is 9.80 Å². The fourth-order valence-electron chi connectivity index (χ4n) is 6.29. The largest absolute Gasteiger partial charge is 0.342 e. The molecule has 0 aromatic heterocycles. The lowest BCUT2D eigenvalue weighted by Gasteiger charge is -2.57. The van der Waals surface area contributed by atoms with E-state index in [1.165, 1.54) is 38.5 Å². The van der Waals surface area contributed by atoms with Gasteiger partial charge in [0, 0.05) is 13.1 Å². The lowest BCUT2D eigenvalue weighted by Crippen LogP contribution is -2.56. The van der Waals surface area contributed by atoms with Gasteiger partial charge in [-0.3, -0.25) is 4.79 Å². The second-order valence-corrected chi connectivity index (χ2v) is 8.65. The minimum absolute atomic E-state index is 0.0485. The molecular formula is C18H30N2O. The van der Waals surface area contributed by atoms with Crippen LogP contribution in [0.15, 0.2) is 0 Å². The van der Waals surface area contributed by atoms with Crippen molar-refractivity contribution in [2.45, 2.75) is 57.4 Å². The number of hydrogen-bond acceptors (Lipinski definition) is 2. The molecule has 0 aromatic carbocycles. The summed E-state index contributed by atoms with van der Waals surface area (Å²) in [4.78, 5) is 17.8. The minimum atomic E-state index is 0.0485. The molecule has 0 N–H and O–H groups in total. The van der Waals surface area contributed by atoms with E-state index in [-0.39, 0.29) is 5.41 Å². The molecule has 0 unspecified atom stereocenters. The monoisotopic (exact) mass is 290 g/mol. The van der Waals surface area contributed by atoms with Gasteiger partial charge >= 0.3 is 0 Å². The summed E-state index contributed by atoms with van der Waals surface area (Å²) in [6, 6.07) is 0.488. The van der Waals surface area contributed by atoms with E-state index in [1.807, 2.05) is 0 Å². The Balaban J connectivity index is 1.49. The van der Waals surface area contributed by atoms with Crippen molar-refractivity contribution >= 4 is 5.91 Å². The number of nitrogens with zero attached hydrogens (tertiary/aromatic N) is 2. The highest BCUT2D eigenvalue weighted by molar-refractivity contribution is 5.83. The number of hydrogen-bond donors (Lipinski definition) is 0. The van der Waals surface area contributed by atoms with Crippen molar-refractivity contribution in [2.75, 3.05) is 27.2 Å². The Morgan fingerprint density at radius 3 is 1.95 bits per heavy atom. The molecule has 0 spiro atoms. The first kappa shape index (κ1) is 14.0. The highest BCUT2D eigenvalue weighted by atomic mass is 16.2. The maximum Gasteiger partial charge on any atom is 0.228 e. The molecule has 1 heterocycles. The number of carbonyl (C=O) groups excluding carboxylic acids is 1. The van der Waals surface area contributed by atoms with Crippen molar-refractivity contribution < 1.29 is 4.79 Å². The number of piperidine rings is 1. The van der Waals surface area contributed by atoms with Gasteiger partial charge in [0.1, 0.15) is 0 Å². The van der Waals surface area contributed by atoms with E-state index in [4.69, 9.17) is 0 Å². The molecule has 3 nitrogen and oxygen atoms in total. The van der Waals surface area contributed by atoms with Gasteiger partial charge in [0.25, 0.3) is 0 Å². The maximum atomic E-state index is 13.3. The Morgan fingerprint density at radius 1 is 1.00 bits per heavy atom. The molecule has 21 heavy (non-hydrogen) atoms. The Morgan fingerprint density at radius 2 is 1.48 bits per heavy atom. The van der Waals surface area contributed by atoms with Crippen LogP contribution >= 0.6 is 0 Å². The third-order valence-corrected chi connectivity index (χ3v) is 7.05. The maximum absolute atomic E-state index is 13.3. The van der Waals surface area contributed by atoms with Crippen LogP contribution in [0.3, 0.4) is 0 Å². The van der Waals surface area contributed by atoms with E-state index in [0.29, 0.717) is 11.9 Å². The minimum Gasteiger partial charge on any atom is -0.342 e. The number of amides is 1. The van der Waals surface area contributed by atoms with Gasteiger partial charge in [-0.1, -0.05) is 0 Å². The smallest absolute Gasteiger partial charge is 0.228 e. The van der Waals surface area contributed by atoms with Gasteiger partial charge in [0.05, 0.1) is 5.41 Å². The van der Waals surface area contributed by atoms with Gasteiger partial charge in [0.2, 0.25) is 5.91 Å². The number of rotatable bonds is 2. The summed E-state index contributed by atoms with van der Waals surface area (Å²) in [5, 5.41) is 0. The average molecular weight is 290 g/mol. The fourth-order valence-corrected chi connectivity index (χ4v) is 6.29. The molecule has 0 aromatic rings. The molecule has 5 aliphatic rings. The molecular weight excluding hydrogens is 260 g/mol. The first-order chi connectivity index (χ1) is 10.1. The summed E-state index contributed by atoms with van der Waals surface area (Å²) < 4.78 is 0. The van der Waals surface area contributed by atoms with Crippen molar-refractivity contribution in [1.29, 1.82) is 0 Å². The summed E-state index contributed by atoms with van der Waals surface area (Å²) >= 11 is 0. The second kappa shape index (κ2) is 4.97. The molecule has 118 valence electrons. The molecule has 4 aliphatic carbocycles. The molecule has 5 rings (SSSR count).